The van der Waals surface area contributed by atoms with E-state index in [4.69, 9.17) is 0 Å². The van der Waals surface area contributed by atoms with Crippen molar-refractivity contribution in [2.24, 2.45) is 0 Å². The Morgan fingerprint density at radius 3 is 1.75 bits per heavy atom. The molecule has 6 atom stereocenters. The van der Waals surface area contributed by atoms with E-state index in [-0.39, 0.29) is 6.42 Å². The molecule has 0 bridgehead atoms. The quantitative estimate of drug-likeness (QED) is 0.468. The van der Waals surface area contributed by atoms with Crippen molar-refractivity contribution in [3.8, 4) is 0 Å². The maximum absolute atomic E-state index is 13.0. The minimum absolute atomic E-state index is 0.270. The minimum Gasteiger partial charge on any atom is -0.251 e. The van der Waals surface area contributed by atoms with Gasteiger partial charge in [0, 0.05) is 0 Å². The first-order valence-electron chi connectivity index (χ1n) is 4.92. The normalized spacial score (nSPS) is 21.2. The fourth-order valence-electron chi connectivity index (χ4n) is 1.14. The van der Waals surface area contributed by atoms with E-state index in [0.717, 1.165) is 0 Å². The summed E-state index contributed by atoms with van der Waals surface area (Å²) in [5, 5.41) is 0. The molecule has 0 rings (SSSR count). The van der Waals surface area contributed by atoms with Gasteiger partial charge in [0.25, 0.3) is 0 Å². The van der Waals surface area contributed by atoms with Crippen molar-refractivity contribution in [1.29, 1.82) is 0 Å². The maximum atomic E-state index is 13.0. The lowest BCUT2D eigenvalue weighted by Crippen LogP contribution is -2.40. The molecule has 0 saturated heterocycles. The minimum atomic E-state index is -2.86. The second-order valence-corrected chi connectivity index (χ2v) is 3.90. The number of alkyl halides is 6. The summed E-state index contributed by atoms with van der Waals surface area (Å²) in [6, 6.07) is 0. The van der Waals surface area contributed by atoms with Crippen molar-refractivity contribution in [1.82, 2.24) is 0 Å². The van der Waals surface area contributed by atoms with Crippen LogP contribution in [0.5, 0.6) is 0 Å². The monoisotopic (exact) mass is 268 g/mol. The van der Waals surface area contributed by atoms with E-state index in [0.29, 0.717) is 0 Å². The molecule has 0 heterocycles. The first-order chi connectivity index (χ1) is 7.45. The van der Waals surface area contributed by atoms with Gasteiger partial charge in [0.15, 0.2) is 18.5 Å². The fraction of sp³-hybridized carbons (Fsp3) is 1.00. The number of rotatable bonds is 8. The average Bonchev–Trinajstić information content (AvgIpc) is 2.31. The molecule has 0 radical (unpaired) electrons. The summed E-state index contributed by atoms with van der Waals surface area (Å²) in [5.41, 5.74) is 0. The second-order valence-electron chi connectivity index (χ2n) is 3.43. The molecule has 7 heteroatoms. The van der Waals surface area contributed by atoms with Gasteiger partial charge in [-0.05, 0) is 19.0 Å². The van der Waals surface area contributed by atoms with E-state index in [1.54, 1.807) is 0 Å². The molecule has 6 unspecified atom stereocenters. The first-order valence-corrected chi connectivity index (χ1v) is 5.73. The van der Waals surface area contributed by atoms with Gasteiger partial charge in [0.2, 0.25) is 0 Å². The molecule has 0 saturated carbocycles. The third-order valence-electron chi connectivity index (χ3n) is 2.14. The highest BCUT2D eigenvalue weighted by Crippen LogP contribution is 2.24. The van der Waals surface area contributed by atoms with Crippen molar-refractivity contribution in [3.63, 3.8) is 0 Å². The van der Waals surface area contributed by atoms with Crippen LogP contribution in [0.4, 0.5) is 26.3 Å². The summed E-state index contributed by atoms with van der Waals surface area (Å²) in [6.45, 7) is -0.861. The van der Waals surface area contributed by atoms with Gasteiger partial charge >= 0.3 is 0 Å². The Morgan fingerprint density at radius 2 is 1.31 bits per heavy atom. The Balaban J connectivity index is 4.19. The van der Waals surface area contributed by atoms with E-state index < -0.39 is 50.1 Å². The van der Waals surface area contributed by atoms with Crippen LogP contribution in [0.2, 0.25) is 0 Å². The van der Waals surface area contributed by atoms with Gasteiger partial charge in [-0.3, -0.25) is 4.39 Å². The zero-order chi connectivity index (χ0) is 12.7. The summed E-state index contributed by atoms with van der Waals surface area (Å²) in [4.78, 5) is 0. The first kappa shape index (κ1) is 16.0. The van der Waals surface area contributed by atoms with Crippen LogP contribution in [0.15, 0.2) is 0 Å². The van der Waals surface area contributed by atoms with Gasteiger partial charge in [0.1, 0.15) is 12.3 Å². The Morgan fingerprint density at radius 1 is 0.812 bits per heavy atom. The zero-order valence-electron chi connectivity index (χ0n) is 8.56. The van der Waals surface area contributed by atoms with Crippen molar-refractivity contribution in [2.75, 3.05) is 12.8 Å². The van der Waals surface area contributed by atoms with Gasteiger partial charge in [-0.2, -0.15) is 0 Å². The zero-order valence-corrected chi connectivity index (χ0v) is 9.72. The Hall–Kier alpha value is 0.01000. The molecule has 0 nitrogen and oxygen atoms in total. The molecule has 0 aliphatic rings. The molecule has 0 fully saturated rings. The molecule has 0 aliphatic carbocycles. The number of halogens is 6. The molecule has 0 aromatic rings. The van der Waals surface area contributed by atoms with Crippen LogP contribution in [-0.2, 0) is 0 Å². The van der Waals surface area contributed by atoms with E-state index in [1.165, 1.54) is 0 Å². The third-order valence-corrected chi connectivity index (χ3v) is 2.59. The van der Waals surface area contributed by atoms with E-state index in [2.05, 4.69) is 0 Å². The summed E-state index contributed by atoms with van der Waals surface area (Å²) in [7, 11) is 1.85. The molecule has 0 spiro atoms. The SMILES string of the molecule is FCCCC(F)C(F)C(F)C(F)C(F)CP. The lowest BCUT2D eigenvalue weighted by atomic mass is 10.0. The maximum Gasteiger partial charge on any atom is 0.168 e. The van der Waals surface area contributed by atoms with Gasteiger partial charge in [-0.15, -0.1) is 9.24 Å². The molecule has 0 amide bonds. The smallest absolute Gasteiger partial charge is 0.168 e. The Bertz CT molecular complexity index is 181. The van der Waals surface area contributed by atoms with Crippen LogP contribution in [0.3, 0.4) is 0 Å². The van der Waals surface area contributed by atoms with Gasteiger partial charge in [-0.25, -0.2) is 22.0 Å². The molecule has 0 aromatic heterocycles. The molecule has 98 valence electrons. The topological polar surface area (TPSA) is 0 Å². The van der Waals surface area contributed by atoms with Crippen LogP contribution < -0.4 is 0 Å². The highest BCUT2D eigenvalue weighted by Gasteiger charge is 2.39. The summed E-state index contributed by atoms with van der Waals surface area (Å²) >= 11 is 0. The predicted molar refractivity (Wildman–Crippen MR) is 54.3 cm³/mol. The number of hydrogen-bond donors (Lipinski definition) is 0. The molecule has 16 heavy (non-hydrogen) atoms. The van der Waals surface area contributed by atoms with Gasteiger partial charge < -0.3 is 0 Å². The van der Waals surface area contributed by atoms with Crippen molar-refractivity contribution < 1.29 is 26.3 Å². The van der Waals surface area contributed by atoms with Gasteiger partial charge in [-0.1, -0.05) is 0 Å². The lowest BCUT2D eigenvalue weighted by Gasteiger charge is -2.21. The number of hydrogen-bond acceptors (Lipinski definition) is 0. The van der Waals surface area contributed by atoms with E-state index in [9.17, 15) is 26.3 Å². The van der Waals surface area contributed by atoms with Crippen LogP contribution in [-0.4, -0.2) is 43.7 Å². The van der Waals surface area contributed by atoms with E-state index >= 15 is 0 Å². The molecule has 0 N–H and O–H groups in total. The highest BCUT2D eigenvalue weighted by atomic mass is 31.0. The standard InChI is InChI=1S/C9H15F6P/c10-3-1-2-5(11)7(13)9(15)8(14)6(12)4-16/h5-9H,1-4,16H2. The molecule has 0 aliphatic heterocycles. The third kappa shape index (κ3) is 4.89. The fourth-order valence-corrected chi connectivity index (χ4v) is 1.40. The summed E-state index contributed by atoms with van der Waals surface area (Å²) in [5.74, 6) is 0. The van der Waals surface area contributed by atoms with Crippen molar-refractivity contribution >= 4 is 9.24 Å². The average molecular weight is 268 g/mol. The molecular formula is C9H15F6P. The summed E-state index contributed by atoms with van der Waals surface area (Å²) < 4.78 is 76.0. The summed E-state index contributed by atoms with van der Waals surface area (Å²) in [6.07, 6.45) is -14.0. The van der Waals surface area contributed by atoms with Crippen molar-refractivity contribution in [3.05, 3.63) is 0 Å². The van der Waals surface area contributed by atoms with E-state index in [1.807, 2.05) is 9.24 Å². The van der Waals surface area contributed by atoms with Crippen LogP contribution in [0, 0.1) is 0 Å². The van der Waals surface area contributed by atoms with Crippen LogP contribution >= 0.6 is 9.24 Å². The van der Waals surface area contributed by atoms with Gasteiger partial charge in [0.05, 0.1) is 6.67 Å². The molecule has 0 aromatic carbocycles. The van der Waals surface area contributed by atoms with Crippen molar-refractivity contribution in [2.45, 2.75) is 43.7 Å². The lowest BCUT2D eigenvalue weighted by molar-refractivity contribution is 0.00377. The Kier molecular flexibility index (Phi) is 8.16. The second kappa shape index (κ2) is 8.15. The predicted octanol–water partition coefficient (Wildman–Crippen LogP) is 3.30. The Labute approximate surface area is 93.0 Å². The largest absolute Gasteiger partial charge is 0.251 e. The van der Waals surface area contributed by atoms with Crippen LogP contribution in [0.25, 0.3) is 0 Å². The van der Waals surface area contributed by atoms with Crippen LogP contribution in [0.1, 0.15) is 12.8 Å². The highest BCUT2D eigenvalue weighted by molar-refractivity contribution is 7.16. The molecular weight excluding hydrogens is 253 g/mol.